The van der Waals surface area contributed by atoms with Crippen molar-refractivity contribution in [3.8, 4) is 0 Å². The molecule has 0 rings (SSSR count). The van der Waals surface area contributed by atoms with Crippen LogP contribution in [0.4, 0.5) is 26.3 Å². The molecule has 188 valence electrons. The maximum absolute atomic E-state index is 11.8. The van der Waals surface area contributed by atoms with Gasteiger partial charge in [-0.2, -0.15) is 26.3 Å². The van der Waals surface area contributed by atoms with Crippen molar-refractivity contribution in [2.24, 2.45) is 9.98 Å². The van der Waals surface area contributed by atoms with E-state index in [1.54, 1.807) is 13.8 Å². The molecule has 30 heavy (non-hydrogen) atoms. The Labute approximate surface area is 197 Å². The minimum Gasteiger partial charge on any atom is -0.463 e. The summed E-state index contributed by atoms with van der Waals surface area (Å²) in [5.41, 5.74) is -0.749. The number of aliphatic imine (C=N–C) groups is 2. The van der Waals surface area contributed by atoms with E-state index < -0.39 is 25.4 Å². The number of nitrogens with zero attached hydrogens (tertiary/aromatic N) is 4. The fraction of sp³-hybridized carbons (Fsp3) is 0.889. The van der Waals surface area contributed by atoms with E-state index in [1.165, 1.54) is 0 Å². The second-order valence-electron chi connectivity index (χ2n) is 7.97. The van der Waals surface area contributed by atoms with Crippen molar-refractivity contribution < 1.29 is 60.5 Å². The van der Waals surface area contributed by atoms with E-state index in [0.717, 1.165) is 0 Å². The molecule has 0 saturated heterocycles. The first-order valence-corrected chi connectivity index (χ1v) is 8.94. The molecule has 0 bridgehead atoms. The van der Waals surface area contributed by atoms with Crippen molar-refractivity contribution in [1.82, 2.24) is 0 Å². The van der Waals surface area contributed by atoms with Gasteiger partial charge >= 0.3 is 46.5 Å². The molecular weight excluding hydrogens is 513 g/mol. The Morgan fingerprint density at radius 1 is 0.600 bits per heavy atom. The second kappa shape index (κ2) is 15.4. The average molecular weight is 546 g/mol. The van der Waals surface area contributed by atoms with Crippen LogP contribution in [0.3, 0.4) is 0 Å². The molecule has 0 amide bonds. The second-order valence-corrected chi connectivity index (χ2v) is 7.97. The quantitative estimate of drug-likeness (QED) is 0.157. The molecule has 0 atom stereocenters. The Morgan fingerprint density at radius 3 is 0.967 bits per heavy atom. The van der Waals surface area contributed by atoms with Gasteiger partial charge in [-0.15, -0.1) is 0 Å². The van der Waals surface area contributed by atoms with Crippen LogP contribution in [0.25, 0.3) is 10.6 Å². The van der Waals surface area contributed by atoms with E-state index in [0.29, 0.717) is 12.8 Å². The van der Waals surface area contributed by atoms with Crippen LogP contribution in [-0.2, 0) is 34.1 Å². The average Bonchev–Trinajstić information content (AvgIpc) is 2.44. The molecule has 0 heterocycles. The largest absolute Gasteiger partial charge is 1.00 e. The van der Waals surface area contributed by atoms with Crippen LogP contribution >= 0.6 is 0 Å². The molecule has 0 aromatic carbocycles. The van der Waals surface area contributed by atoms with Crippen molar-refractivity contribution in [2.45, 2.75) is 91.7 Å². The third-order valence-electron chi connectivity index (χ3n) is 2.44. The van der Waals surface area contributed by atoms with Gasteiger partial charge in [0.05, 0.1) is 0 Å². The number of hydrogen-bond donors (Lipinski definition) is 0. The third-order valence-corrected chi connectivity index (χ3v) is 2.44. The molecule has 0 aromatic heterocycles. The normalized spacial score (nSPS) is 13.4. The van der Waals surface area contributed by atoms with Gasteiger partial charge in [0, 0.05) is 13.1 Å². The van der Waals surface area contributed by atoms with Gasteiger partial charge in [0.1, 0.15) is 0 Å². The summed E-state index contributed by atoms with van der Waals surface area (Å²) in [6, 6.07) is 0. The zero-order chi connectivity index (χ0) is 22.8. The van der Waals surface area contributed by atoms with Gasteiger partial charge in [-0.3, -0.25) is 0 Å². The zero-order valence-corrected chi connectivity index (χ0v) is 20.4. The molecule has 0 aliphatic carbocycles. The number of hydrogen-bond acceptors (Lipinski definition) is 2. The Kier molecular flexibility index (Phi) is 18.9. The van der Waals surface area contributed by atoms with Crippen LogP contribution in [0.5, 0.6) is 0 Å². The number of rotatable bonds is 4. The monoisotopic (exact) mass is 544 g/mol. The Bertz CT molecular complexity index is 459. The molecule has 0 aliphatic rings. The van der Waals surface area contributed by atoms with Crippen LogP contribution in [0.1, 0.15) is 68.2 Å². The van der Waals surface area contributed by atoms with Crippen molar-refractivity contribution >= 4 is 11.7 Å². The summed E-state index contributed by atoms with van der Waals surface area (Å²) in [7, 11) is 0. The molecule has 0 fully saturated rings. The number of amidine groups is 2. The van der Waals surface area contributed by atoms with E-state index in [-0.39, 0.29) is 56.9 Å². The van der Waals surface area contributed by atoms with Crippen molar-refractivity contribution in [3.63, 3.8) is 0 Å². The van der Waals surface area contributed by atoms with Crippen LogP contribution < -0.4 is 0 Å². The summed E-state index contributed by atoms with van der Waals surface area (Å²) in [5, 5.41) is 6.85. The van der Waals surface area contributed by atoms with E-state index in [4.69, 9.17) is 0 Å². The number of alkyl halides is 6. The first-order chi connectivity index (χ1) is 12.3. The van der Waals surface area contributed by atoms with Gasteiger partial charge in [-0.25, -0.2) is 0 Å². The van der Waals surface area contributed by atoms with Crippen LogP contribution in [0, 0.1) is 0 Å². The molecule has 12 heteroatoms. The van der Waals surface area contributed by atoms with Crippen LogP contribution in [-0.4, -0.2) is 48.2 Å². The molecule has 0 aromatic rings. The summed E-state index contributed by atoms with van der Waals surface area (Å²) in [4.78, 5) is 8.16. The summed E-state index contributed by atoms with van der Waals surface area (Å²) in [5.74, 6) is 0.546. The maximum Gasteiger partial charge on any atom is 1.00 e. The Morgan fingerprint density at radius 2 is 0.833 bits per heavy atom. The molecular formula is C18H32Cu2F6N4. The summed E-state index contributed by atoms with van der Waals surface area (Å²) in [6.45, 7) is 12.1. The summed E-state index contributed by atoms with van der Waals surface area (Å²) >= 11 is 0. The van der Waals surface area contributed by atoms with E-state index in [9.17, 15) is 26.3 Å². The molecule has 0 spiro atoms. The van der Waals surface area contributed by atoms with E-state index in [2.05, 4.69) is 20.6 Å². The van der Waals surface area contributed by atoms with Gasteiger partial charge in [0.25, 0.3) is 0 Å². The maximum atomic E-state index is 11.8. The first kappa shape index (κ1) is 36.9. The molecule has 4 nitrogen and oxygen atoms in total. The molecule has 0 radical (unpaired) electrons. The summed E-state index contributed by atoms with van der Waals surface area (Å²) in [6.07, 6.45) is -7.64. The van der Waals surface area contributed by atoms with Gasteiger partial charge in [0.15, 0.2) is 0 Å². The van der Waals surface area contributed by atoms with Gasteiger partial charge in [-0.05, 0) is 23.9 Å². The summed E-state index contributed by atoms with van der Waals surface area (Å²) < 4.78 is 71.0. The van der Waals surface area contributed by atoms with E-state index >= 15 is 0 Å². The van der Waals surface area contributed by atoms with Crippen molar-refractivity contribution in [1.29, 1.82) is 0 Å². The Balaban J connectivity index is -0.000000211. The fourth-order valence-corrected chi connectivity index (χ4v) is 1.59. The van der Waals surface area contributed by atoms with Gasteiger partial charge in [0.2, 0.25) is 0 Å². The Hall–Kier alpha value is -0.441. The third kappa shape index (κ3) is 29.8. The van der Waals surface area contributed by atoms with Crippen LogP contribution in [0.15, 0.2) is 9.98 Å². The van der Waals surface area contributed by atoms with Crippen molar-refractivity contribution in [3.05, 3.63) is 10.6 Å². The number of halogens is 6. The first-order valence-electron chi connectivity index (χ1n) is 8.94. The smallest absolute Gasteiger partial charge is 0.463 e. The predicted molar refractivity (Wildman–Crippen MR) is 104 cm³/mol. The molecule has 0 N–H and O–H groups in total. The van der Waals surface area contributed by atoms with E-state index in [1.807, 2.05) is 41.5 Å². The van der Waals surface area contributed by atoms with Crippen molar-refractivity contribution in [2.75, 3.05) is 13.1 Å². The fourth-order valence-electron chi connectivity index (χ4n) is 1.59. The minimum atomic E-state index is -4.24. The van der Waals surface area contributed by atoms with Crippen LogP contribution in [0.2, 0.25) is 0 Å². The predicted octanol–water partition coefficient (Wildman–Crippen LogP) is 7.05. The van der Waals surface area contributed by atoms with Gasteiger partial charge in [-0.1, -0.05) is 67.1 Å². The van der Waals surface area contributed by atoms with Gasteiger partial charge < -0.3 is 20.6 Å². The SMILES string of the molecule is CCC(=NC(C)(C)C)[N-]CC(F)(F)F.CCC(=NC(C)(C)C)[N-]CC(F)(F)F.[Cu+].[Cu+]. The molecule has 0 saturated carbocycles. The minimum absolute atomic E-state index is 0. The topological polar surface area (TPSA) is 52.9 Å². The molecule has 0 unspecified atom stereocenters. The standard InChI is InChI=1S/2C9H16F3N2.2Cu/c2*1-5-7(14-8(2,3)4)13-6-9(10,11)12;;/h2*5-6H2,1-4H3;;/q2*-1;2*+1. The molecule has 0 aliphatic heterocycles. The zero-order valence-electron chi connectivity index (χ0n) is 18.5.